The maximum atomic E-state index is 13.4. The Hall–Kier alpha value is -2.10. The monoisotopic (exact) mass is 236 g/mol. The number of hydrogen-bond acceptors (Lipinski definition) is 1. The van der Waals surface area contributed by atoms with Crippen LogP contribution in [-0.4, -0.2) is 6.29 Å². The summed E-state index contributed by atoms with van der Waals surface area (Å²) in [7, 11) is 0. The second kappa shape index (κ2) is 4.41. The van der Waals surface area contributed by atoms with Crippen molar-refractivity contribution in [3.05, 3.63) is 59.4 Å². The van der Waals surface area contributed by atoms with Gasteiger partial charge in [0.2, 0.25) is 0 Å². The molecular formula is C13H7F3O. The van der Waals surface area contributed by atoms with Gasteiger partial charge in [-0.15, -0.1) is 0 Å². The fourth-order valence-electron chi connectivity index (χ4n) is 1.52. The predicted octanol–water partition coefficient (Wildman–Crippen LogP) is 3.58. The fourth-order valence-corrected chi connectivity index (χ4v) is 1.52. The number of aldehydes is 1. The van der Waals surface area contributed by atoms with Gasteiger partial charge in [-0.05, 0) is 35.9 Å². The van der Waals surface area contributed by atoms with Gasteiger partial charge in [-0.1, -0.05) is 6.07 Å². The highest BCUT2D eigenvalue weighted by Crippen LogP contribution is 2.25. The van der Waals surface area contributed by atoms with E-state index in [0.717, 1.165) is 24.3 Å². The Balaban J connectivity index is 2.60. The van der Waals surface area contributed by atoms with Crippen LogP contribution in [0.2, 0.25) is 0 Å². The normalized spacial score (nSPS) is 10.3. The van der Waals surface area contributed by atoms with Crippen molar-refractivity contribution in [1.82, 2.24) is 0 Å². The largest absolute Gasteiger partial charge is 0.298 e. The Labute approximate surface area is 95.5 Å². The average molecular weight is 236 g/mol. The first kappa shape index (κ1) is 11.4. The molecule has 0 amide bonds. The summed E-state index contributed by atoms with van der Waals surface area (Å²) in [6.45, 7) is 0. The number of rotatable bonds is 2. The molecule has 2 rings (SSSR count). The fraction of sp³-hybridized carbons (Fsp3) is 0. The number of hydrogen-bond donors (Lipinski definition) is 0. The molecular weight excluding hydrogens is 229 g/mol. The summed E-state index contributed by atoms with van der Waals surface area (Å²) in [6.07, 6.45) is 0.329. The van der Waals surface area contributed by atoms with Crippen molar-refractivity contribution in [2.45, 2.75) is 0 Å². The SMILES string of the molecule is O=Cc1cc(-c2cc(F)ccc2F)ccc1F. The van der Waals surface area contributed by atoms with Gasteiger partial charge in [-0.3, -0.25) is 4.79 Å². The Bertz CT molecular complexity index is 579. The van der Waals surface area contributed by atoms with E-state index in [0.29, 0.717) is 6.29 Å². The van der Waals surface area contributed by atoms with Crippen LogP contribution in [0.3, 0.4) is 0 Å². The summed E-state index contributed by atoms with van der Waals surface area (Å²) < 4.78 is 39.5. The minimum Gasteiger partial charge on any atom is -0.298 e. The van der Waals surface area contributed by atoms with E-state index >= 15 is 0 Å². The zero-order chi connectivity index (χ0) is 12.4. The van der Waals surface area contributed by atoms with Crippen molar-refractivity contribution >= 4 is 6.29 Å². The van der Waals surface area contributed by atoms with Gasteiger partial charge in [0.25, 0.3) is 0 Å². The molecule has 0 radical (unpaired) electrons. The van der Waals surface area contributed by atoms with Gasteiger partial charge in [-0.2, -0.15) is 0 Å². The molecule has 0 heterocycles. The van der Waals surface area contributed by atoms with Crippen LogP contribution in [0.1, 0.15) is 10.4 Å². The van der Waals surface area contributed by atoms with Gasteiger partial charge in [-0.25, -0.2) is 13.2 Å². The molecule has 2 aromatic rings. The summed E-state index contributed by atoms with van der Waals surface area (Å²) in [4.78, 5) is 10.6. The molecule has 0 atom stereocenters. The van der Waals surface area contributed by atoms with E-state index in [4.69, 9.17) is 0 Å². The average Bonchev–Trinajstić information content (AvgIpc) is 2.33. The van der Waals surface area contributed by atoms with Crippen molar-refractivity contribution in [2.75, 3.05) is 0 Å². The molecule has 0 aliphatic heterocycles. The first-order valence-corrected chi connectivity index (χ1v) is 4.82. The van der Waals surface area contributed by atoms with Crippen LogP contribution >= 0.6 is 0 Å². The second-order valence-corrected chi connectivity index (χ2v) is 3.48. The quantitative estimate of drug-likeness (QED) is 0.728. The first-order valence-electron chi connectivity index (χ1n) is 4.82. The van der Waals surface area contributed by atoms with Gasteiger partial charge in [0.1, 0.15) is 17.5 Å². The van der Waals surface area contributed by atoms with Crippen LogP contribution in [0, 0.1) is 17.5 Å². The lowest BCUT2D eigenvalue weighted by atomic mass is 10.0. The Morgan fingerprint density at radius 1 is 0.882 bits per heavy atom. The third-order valence-corrected chi connectivity index (χ3v) is 2.36. The van der Waals surface area contributed by atoms with E-state index in [9.17, 15) is 18.0 Å². The summed E-state index contributed by atoms with van der Waals surface area (Å²) in [5.41, 5.74) is 0.0600. The molecule has 4 heteroatoms. The van der Waals surface area contributed by atoms with E-state index in [1.165, 1.54) is 12.1 Å². The Morgan fingerprint density at radius 2 is 1.59 bits per heavy atom. The molecule has 0 aliphatic carbocycles. The van der Waals surface area contributed by atoms with Gasteiger partial charge < -0.3 is 0 Å². The van der Waals surface area contributed by atoms with E-state index in [2.05, 4.69) is 0 Å². The third-order valence-electron chi connectivity index (χ3n) is 2.36. The van der Waals surface area contributed by atoms with Crippen molar-refractivity contribution in [2.24, 2.45) is 0 Å². The highest BCUT2D eigenvalue weighted by atomic mass is 19.1. The molecule has 86 valence electrons. The summed E-state index contributed by atoms with van der Waals surface area (Å²) in [5.74, 6) is -1.92. The molecule has 17 heavy (non-hydrogen) atoms. The summed E-state index contributed by atoms with van der Waals surface area (Å²) in [6, 6.07) is 6.48. The van der Waals surface area contributed by atoms with E-state index in [1.807, 2.05) is 0 Å². The lowest BCUT2D eigenvalue weighted by Crippen LogP contribution is -1.91. The maximum Gasteiger partial charge on any atom is 0.153 e. The Morgan fingerprint density at radius 3 is 2.29 bits per heavy atom. The lowest BCUT2D eigenvalue weighted by molar-refractivity contribution is 0.112. The zero-order valence-electron chi connectivity index (χ0n) is 8.58. The minimum absolute atomic E-state index is 0.00639. The van der Waals surface area contributed by atoms with Crippen molar-refractivity contribution in [3.63, 3.8) is 0 Å². The number of halogens is 3. The van der Waals surface area contributed by atoms with Crippen LogP contribution in [0.5, 0.6) is 0 Å². The molecule has 0 aliphatic rings. The number of carbonyl (C=O) groups is 1. The van der Waals surface area contributed by atoms with Crippen molar-refractivity contribution in [1.29, 1.82) is 0 Å². The van der Waals surface area contributed by atoms with Gasteiger partial charge in [0, 0.05) is 5.56 Å². The molecule has 0 saturated heterocycles. The molecule has 0 fully saturated rings. The highest BCUT2D eigenvalue weighted by molar-refractivity contribution is 5.79. The van der Waals surface area contributed by atoms with Crippen LogP contribution in [0.25, 0.3) is 11.1 Å². The van der Waals surface area contributed by atoms with Gasteiger partial charge in [0.15, 0.2) is 6.29 Å². The second-order valence-electron chi connectivity index (χ2n) is 3.48. The highest BCUT2D eigenvalue weighted by Gasteiger charge is 2.09. The van der Waals surface area contributed by atoms with Crippen LogP contribution in [-0.2, 0) is 0 Å². The smallest absolute Gasteiger partial charge is 0.153 e. The van der Waals surface area contributed by atoms with Gasteiger partial charge in [0.05, 0.1) is 5.56 Å². The maximum absolute atomic E-state index is 13.4. The molecule has 2 aromatic carbocycles. The zero-order valence-corrected chi connectivity index (χ0v) is 8.58. The van der Waals surface area contributed by atoms with Crippen LogP contribution in [0.15, 0.2) is 36.4 Å². The third kappa shape index (κ3) is 2.20. The molecule has 0 aromatic heterocycles. The standard InChI is InChI=1S/C13H7F3O/c14-10-2-4-13(16)11(6-10)8-1-3-12(15)9(5-8)7-17/h1-7H. The Kier molecular flexibility index (Phi) is 2.95. The van der Waals surface area contributed by atoms with E-state index < -0.39 is 17.5 Å². The minimum atomic E-state index is -0.694. The summed E-state index contributed by atoms with van der Waals surface area (Å²) >= 11 is 0. The first-order chi connectivity index (χ1) is 8.11. The molecule has 0 bridgehead atoms. The number of carbonyl (C=O) groups excluding carboxylic acids is 1. The van der Waals surface area contributed by atoms with Crippen LogP contribution < -0.4 is 0 Å². The molecule has 0 unspecified atom stereocenters. The molecule has 0 N–H and O–H groups in total. The summed E-state index contributed by atoms with van der Waals surface area (Å²) in [5, 5.41) is 0. The molecule has 0 saturated carbocycles. The van der Waals surface area contributed by atoms with Crippen molar-refractivity contribution in [3.8, 4) is 11.1 Å². The predicted molar refractivity (Wildman–Crippen MR) is 57.1 cm³/mol. The van der Waals surface area contributed by atoms with E-state index in [-0.39, 0.29) is 16.7 Å². The van der Waals surface area contributed by atoms with Crippen LogP contribution in [0.4, 0.5) is 13.2 Å². The molecule has 1 nitrogen and oxygen atoms in total. The number of benzene rings is 2. The topological polar surface area (TPSA) is 17.1 Å². The van der Waals surface area contributed by atoms with E-state index in [1.54, 1.807) is 0 Å². The molecule has 0 spiro atoms. The van der Waals surface area contributed by atoms with Gasteiger partial charge >= 0.3 is 0 Å². The van der Waals surface area contributed by atoms with Crippen molar-refractivity contribution < 1.29 is 18.0 Å². The lowest BCUT2D eigenvalue weighted by Gasteiger charge is -2.05.